The van der Waals surface area contributed by atoms with Gasteiger partial charge < -0.3 is 15.3 Å². The number of rotatable bonds is 7. The van der Waals surface area contributed by atoms with E-state index in [2.05, 4.69) is 5.32 Å². The lowest BCUT2D eigenvalue weighted by Crippen LogP contribution is -2.38. The number of hydrogen-bond donors (Lipinski definition) is 2. The van der Waals surface area contributed by atoms with E-state index < -0.39 is 5.97 Å². The highest BCUT2D eigenvalue weighted by Gasteiger charge is 2.20. The molecule has 2 amide bonds. The van der Waals surface area contributed by atoms with Crippen molar-refractivity contribution in [1.82, 2.24) is 0 Å². The number of anilines is 2. The number of hydrogen-bond acceptors (Lipinski definition) is 3. The Labute approximate surface area is 165 Å². The lowest BCUT2D eigenvalue weighted by atomic mass is 10.1. The molecule has 0 spiro atoms. The number of aryl methyl sites for hydroxylation is 2. The maximum absolute atomic E-state index is 12.7. The number of aromatic carboxylic acids is 1. The molecule has 2 N–H and O–H groups in total. The average Bonchev–Trinajstić information content (AvgIpc) is 2.62. The van der Waals surface area contributed by atoms with Gasteiger partial charge in [0.25, 0.3) is 0 Å². The summed E-state index contributed by atoms with van der Waals surface area (Å²) in [5, 5.41) is 11.7. The van der Waals surface area contributed by atoms with Crippen LogP contribution in [0.15, 0.2) is 42.5 Å². The molecule has 0 radical (unpaired) electrons. The van der Waals surface area contributed by atoms with E-state index in [1.807, 2.05) is 45.9 Å². The van der Waals surface area contributed by atoms with Crippen LogP contribution in [0.5, 0.6) is 0 Å². The summed E-state index contributed by atoms with van der Waals surface area (Å²) in [4.78, 5) is 37.7. The predicted molar refractivity (Wildman–Crippen MR) is 110 cm³/mol. The van der Waals surface area contributed by atoms with Gasteiger partial charge in [0.2, 0.25) is 11.8 Å². The summed E-state index contributed by atoms with van der Waals surface area (Å²) in [5.41, 5.74) is 3.46. The fraction of sp³-hybridized carbons (Fsp3) is 0.318. The largest absolute Gasteiger partial charge is 0.478 e. The van der Waals surface area contributed by atoms with Crippen LogP contribution in [0, 0.1) is 19.8 Å². The van der Waals surface area contributed by atoms with Crippen LogP contribution in [0.1, 0.15) is 41.8 Å². The van der Waals surface area contributed by atoms with Crippen LogP contribution in [-0.2, 0) is 9.59 Å². The van der Waals surface area contributed by atoms with Gasteiger partial charge in [-0.3, -0.25) is 9.59 Å². The Balaban J connectivity index is 2.18. The predicted octanol–water partition coefficient (Wildman–Crippen LogP) is 4.02. The van der Waals surface area contributed by atoms with Crippen molar-refractivity contribution in [2.75, 3.05) is 16.8 Å². The standard InChI is InChI=1S/C22H26N2O4/c1-14(2)11-21(26)24(19-10-5-15(3)16(4)12-19)13-20(25)23-18-8-6-17(7-9-18)22(27)28/h5-10,12,14H,11,13H2,1-4H3,(H,23,25)(H,27,28). The van der Waals surface area contributed by atoms with Gasteiger partial charge in [-0.15, -0.1) is 0 Å². The number of carboxylic acid groups (broad SMARTS) is 1. The van der Waals surface area contributed by atoms with E-state index in [-0.39, 0.29) is 29.8 Å². The number of carbonyl (C=O) groups excluding carboxylic acids is 2. The van der Waals surface area contributed by atoms with Crippen molar-refractivity contribution in [3.63, 3.8) is 0 Å². The van der Waals surface area contributed by atoms with Gasteiger partial charge in [0.05, 0.1) is 5.56 Å². The minimum Gasteiger partial charge on any atom is -0.478 e. The third-order valence-electron chi connectivity index (χ3n) is 4.40. The summed E-state index contributed by atoms with van der Waals surface area (Å²) >= 11 is 0. The molecule has 28 heavy (non-hydrogen) atoms. The fourth-order valence-electron chi connectivity index (χ4n) is 2.72. The number of amides is 2. The Hall–Kier alpha value is -3.15. The molecule has 0 aliphatic heterocycles. The fourth-order valence-corrected chi connectivity index (χ4v) is 2.72. The zero-order valence-corrected chi connectivity index (χ0v) is 16.7. The summed E-state index contributed by atoms with van der Waals surface area (Å²) in [5.74, 6) is -1.32. The summed E-state index contributed by atoms with van der Waals surface area (Å²) in [6.07, 6.45) is 0.341. The van der Waals surface area contributed by atoms with E-state index in [1.54, 1.807) is 0 Å². The minimum atomic E-state index is -1.03. The third kappa shape index (κ3) is 5.67. The second-order valence-corrected chi connectivity index (χ2v) is 7.28. The van der Waals surface area contributed by atoms with E-state index in [1.165, 1.54) is 29.2 Å². The van der Waals surface area contributed by atoms with Crippen LogP contribution in [0.4, 0.5) is 11.4 Å². The maximum atomic E-state index is 12.7. The van der Waals surface area contributed by atoms with E-state index in [9.17, 15) is 14.4 Å². The minimum absolute atomic E-state index is 0.116. The van der Waals surface area contributed by atoms with Crippen LogP contribution in [0.25, 0.3) is 0 Å². The first-order valence-electron chi connectivity index (χ1n) is 9.18. The second kappa shape index (κ2) is 9.17. The molecular formula is C22H26N2O4. The lowest BCUT2D eigenvalue weighted by Gasteiger charge is -2.24. The third-order valence-corrected chi connectivity index (χ3v) is 4.40. The number of carbonyl (C=O) groups is 3. The quantitative estimate of drug-likeness (QED) is 0.757. The first-order chi connectivity index (χ1) is 13.2. The summed E-state index contributed by atoms with van der Waals surface area (Å²) in [6, 6.07) is 11.6. The first kappa shape index (κ1) is 21.2. The molecular weight excluding hydrogens is 356 g/mol. The topological polar surface area (TPSA) is 86.7 Å². The maximum Gasteiger partial charge on any atom is 0.335 e. The smallest absolute Gasteiger partial charge is 0.335 e. The summed E-state index contributed by atoms with van der Waals surface area (Å²) in [7, 11) is 0. The van der Waals surface area contributed by atoms with Crippen LogP contribution < -0.4 is 10.2 Å². The second-order valence-electron chi connectivity index (χ2n) is 7.28. The molecule has 2 rings (SSSR count). The van der Waals surface area contributed by atoms with E-state index in [0.29, 0.717) is 17.8 Å². The number of nitrogens with zero attached hydrogens (tertiary/aromatic N) is 1. The molecule has 0 unspecified atom stereocenters. The van der Waals surface area contributed by atoms with Crippen LogP contribution >= 0.6 is 0 Å². The van der Waals surface area contributed by atoms with E-state index >= 15 is 0 Å². The average molecular weight is 382 g/mol. The van der Waals surface area contributed by atoms with Crippen molar-refractivity contribution >= 4 is 29.2 Å². The molecule has 6 nitrogen and oxygen atoms in total. The molecule has 0 bridgehead atoms. The highest BCUT2D eigenvalue weighted by Crippen LogP contribution is 2.21. The molecule has 0 heterocycles. The molecule has 148 valence electrons. The molecule has 0 aromatic heterocycles. The van der Waals surface area contributed by atoms with Crippen molar-refractivity contribution in [2.45, 2.75) is 34.1 Å². The van der Waals surface area contributed by atoms with Gasteiger partial charge in [-0.25, -0.2) is 4.79 Å². The van der Waals surface area contributed by atoms with Crippen LogP contribution in [-0.4, -0.2) is 29.4 Å². The van der Waals surface area contributed by atoms with Gasteiger partial charge in [-0.1, -0.05) is 19.9 Å². The van der Waals surface area contributed by atoms with Crippen LogP contribution in [0.2, 0.25) is 0 Å². The monoisotopic (exact) mass is 382 g/mol. The number of carboxylic acids is 1. The van der Waals surface area contributed by atoms with Gasteiger partial charge in [0.1, 0.15) is 6.54 Å². The zero-order valence-electron chi connectivity index (χ0n) is 16.7. The summed E-state index contributed by atoms with van der Waals surface area (Å²) < 4.78 is 0. The molecule has 2 aromatic rings. The molecule has 0 aliphatic rings. The Morgan fingerprint density at radius 3 is 2.18 bits per heavy atom. The molecule has 0 saturated carbocycles. The van der Waals surface area contributed by atoms with Gasteiger partial charge >= 0.3 is 5.97 Å². The van der Waals surface area contributed by atoms with E-state index in [0.717, 1.165) is 11.1 Å². The van der Waals surface area contributed by atoms with Gasteiger partial charge in [0, 0.05) is 17.8 Å². The Morgan fingerprint density at radius 1 is 1.00 bits per heavy atom. The highest BCUT2D eigenvalue weighted by molar-refractivity contribution is 6.02. The van der Waals surface area contributed by atoms with Crippen molar-refractivity contribution in [1.29, 1.82) is 0 Å². The van der Waals surface area contributed by atoms with Crippen molar-refractivity contribution < 1.29 is 19.5 Å². The Morgan fingerprint density at radius 2 is 1.64 bits per heavy atom. The molecule has 0 saturated heterocycles. The number of benzene rings is 2. The zero-order chi connectivity index (χ0) is 20.8. The molecule has 0 aliphatic carbocycles. The van der Waals surface area contributed by atoms with Crippen molar-refractivity contribution in [3.05, 3.63) is 59.2 Å². The van der Waals surface area contributed by atoms with Gasteiger partial charge in [-0.2, -0.15) is 0 Å². The Bertz CT molecular complexity index is 873. The van der Waals surface area contributed by atoms with Gasteiger partial charge in [0.15, 0.2) is 0 Å². The summed E-state index contributed by atoms with van der Waals surface area (Å²) in [6.45, 7) is 7.76. The van der Waals surface area contributed by atoms with Crippen molar-refractivity contribution in [2.24, 2.45) is 5.92 Å². The molecule has 6 heteroatoms. The molecule has 0 atom stereocenters. The molecule has 2 aromatic carbocycles. The first-order valence-corrected chi connectivity index (χ1v) is 9.18. The van der Waals surface area contributed by atoms with Gasteiger partial charge in [-0.05, 0) is 67.3 Å². The SMILES string of the molecule is Cc1ccc(N(CC(=O)Nc2ccc(C(=O)O)cc2)C(=O)CC(C)C)cc1C. The number of nitrogens with one attached hydrogen (secondary N) is 1. The highest BCUT2D eigenvalue weighted by atomic mass is 16.4. The van der Waals surface area contributed by atoms with E-state index in [4.69, 9.17) is 5.11 Å². The Kier molecular flexibility index (Phi) is 6.93. The molecule has 0 fully saturated rings. The normalized spacial score (nSPS) is 10.6. The van der Waals surface area contributed by atoms with Crippen molar-refractivity contribution in [3.8, 4) is 0 Å². The van der Waals surface area contributed by atoms with Crippen LogP contribution in [0.3, 0.4) is 0 Å². The lowest BCUT2D eigenvalue weighted by molar-refractivity contribution is -0.122.